The molecule has 0 fully saturated rings. The van der Waals surface area contributed by atoms with Crippen LogP contribution in [0.15, 0.2) is 53.3 Å². The van der Waals surface area contributed by atoms with Crippen molar-refractivity contribution in [1.82, 2.24) is 9.78 Å². The maximum atomic E-state index is 12.4. The Morgan fingerprint density at radius 3 is 2.35 bits per heavy atom. The van der Waals surface area contributed by atoms with Crippen LogP contribution in [0.1, 0.15) is 27.9 Å². The van der Waals surface area contributed by atoms with E-state index in [-0.39, 0.29) is 17.7 Å². The standard InChI is InChI=1S/C21H16N4O/c1-14-15(2)24-25(21(26)20(14)12-23)13-16-7-9-17(10-8-16)19-6-4-3-5-18(19)11-22/h3-10H,13H2,1-2H3. The molecule has 0 saturated carbocycles. The van der Waals surface area contributed by atoms with E-state index in [9.17, 15) is 15.3 Å². The third kappa shape index (κ3) is 3.11. The van der Waals surface area contributed by atoms with Crippen molar-refractivity contribution in [3.05, 3.63) is 86.8 Å². The van der Waals surface area contributed by atoms with Crippen LogP contribution < -0.4 is 5.56 Å². The van der Waals surface area contributed by atoms with Gasteiger partial charge in [0.05, 0.1) is 23.9 Å². The predicted octanol–water partition coefficient (Wildman–Crippen LogP) is 3.32. The second kappa shape index (κ2) is 7.04. The molecule has 126 valence electrons. The molecule has 0 spiro atoms. The SMILES string of the molecule is Cc1nn(Cc2ccc(-c3ccccc3C#N)cc2)c(=O)c(C#N)c1C. The molecule has 26 heavy (non-hydrogen) atoms. The number of rotatable bonds is 3. The van der Waals surface area contributed by atoms with Crippen LogP contribution in [0.4, 0.5) is 0 Å². The lowest BCUT2D eigenvalue weighted by atomic mass is 9.99. The fourth-order valence-corrected chi connectivity index (χ4v) is 2.81. The van der Waals surface area contributed by atoms with E-state index in [1.54, 1.807) is 19.9 Å². The first kappa shape index (κ1) is 17.1. The summed E-state index contributed by atoms with van der Waals surface area (Å²) in [4.78, 5) is 12.4. The summed E-state index contributed by atoms with van der Waals surface area (Å²) in [6.45, 7) is 3.80. The summed E-state index contributed by atoms with van der Waals surface area (Å²) in [5, 5.41) is 22.7. The Bertz CT molecular complexity index is 1110. The van der Waals surface area contributed by atoms with Crippen molar-refractivity contribution in [2.75, 3.05) is 0 Å². The van der Waals surface area contributed by atoms with E-state index < -0.39 is 0 Å². The largest absolute Gasteiger partial charge is 0.285 e. The Hall–Kier alpha value is -3.70. The van der Waals surface area contributed by atoms with Gasteiger partial charge < -0.3 is 0 Å². The quantitative estimate of drug-likeness (QED) is 0.732. The number of aryl methyl sites for hydroxylation is 1. The molecule has 0 radical (unpaired) electrons. The molecular formula is C21H16N4O. The second-order valence-electron chi connectivity index (χ2n) is 6.01. The van der Waals surface area contributed by atoms with Gasteiger partial charge in [-0.1, -0.05) is 42.5 Å². The van der Waals surface area contributed by atoms with Gasteiger partial charge in [-0.25, -0.2) is 4.68 Å². The van der Waals surface area contributed by atoms with Crippen molar-refractivity contribution in [2.24, 2.45) is 0 Å². The van der Waals surface area contributed by atoms with Crippen LogP contribution in [-0.2, 0) is 6.54 Å². The van der Waals surface area contributed by atoms with Gasteiger partial charge in [0.1, 0.15) is 11.6 Å². The van der Waals surface area contributed by atoms with Gasteiger partial charge in [0.25, 0.3) is 5.56 Å². The van der Waals surface area contributed by atoms with E-state index in [0.717, 1.165) is 16.7 Å². The third-order valence-corrected chi connectivity index (χ3v) is 4.39. The van der Waals surface area contributed by atoms with Crippen LogP contribution in [0.3, 0.4) is 0 Å². The van der Waals surface area contributed by atoms with E-state index in [4.69, 9.17) is 0 Å². The first-order valence-electron chi connectivity index (χ1n) is 8.12. The number of nitrogens with zero attached hydrogens (tertiary/aromatic N) is 4. The highest BCUT2D eigenvalue weighted by Gasteiger charge is 2.12. The van der Waals surface area contributed by atoms with Crippen LogP contribution in [0, 0.1) is 36.5 Å². The Balaban J connectivity index is 1.95. The normalized spacial score (nSPS) is 10.2. The molecular weight excluding hydrogens is 324 g/mol. The topological polar surface area (TPSA) is 82.5 Å². The minimum atomic E-state index is -0.380. The zero-order valence-electron chi connectivity index (χ0n) is 14.5. The van der Waals surface area contributed by atoms with Crippen molar-refractivity contribution < 1.29 is 0 Å². The zero-order valence-corrected chi connectivity index (χ0v) is 14.5. The molecule has 1 aromatic heterocycles. The van der Waals surface area contributed by atoms with Crippen LogP contribution >= 0.6 is 0 Å². The number of hydrogen-bond acceptors (Lipinski definition) is 4. The number of benzene rings is 2. The second-order valence-corrected chi connectivity index (χ2v) is 6.01. The molecule has 1 heterocycles. The summed E-state index contributed by atoms with van der Waals surface area (Å²) in [7, 11) is 0. The van der Waals surface area contributed by atoms with Crippen LogP contribution in [-0.4, -0.2) is 9.78 Å². The highest BCUT2D eigenvalue weighted by molar-refractivity contribution is 5.70. The van der Waals surface area contributed by atoms with Crippen molar-refractivity contribution in [3.8, 4) is 23.3 Å². The molecule has 5 nitrogen and oxygen atoms in total. The molecule has 0 aliphatic rings. The molecule has 0 aliphatic heterocycles. The Labute approximate surface area is 151 Å². The van der Waals surface area contributed by atoms with Gasteiger partial charge in [0, 0.05) is 0 Å². The molecule has 0 unspecified atom stereocenters. The molecule has 3 aromatic rings. The number of nitriles is 2. The van der Waals surface area contributed by atoms with E-state index in [0.29, 0.717) is 16.8 Å². The Kier molecular flexibility index (Phi) is 4.64. The molecule has 0 atom stereocenters. The average molecular weight is 340 g/mol. The average Bonchev–Trinajstić information content (AvgIpc) is 2.67. The van der Waals surface area contributed by atoms with Gasteiger partial charge in [-0.05, 0) is 42.2 Å². The molecule has 0 aliphatic carbocycles. The van der Waals surface area contributed by atoms with Crippen molar-refractivity contribution in [3.63, 3.8) is 0 Å². The van der Waals surface area contributed by atoms with E-state index in [1.165, 1.54) is 4.68 Å². The fraction of sp³-hybridized carbons (Fsp3) is 0.143. The van der Waals surface area contributed by atoms with E-state index in [1.807, 2.05) is 48.5 Å². The smallest absolute Gasteiger partial charge is 0.266 e. The number of aromatic nitrogens is 2. The van der Waals surface area contributed by atoms with Crippen molar-refractivity contribution in [1.29, 1.82) is 10.5 Å². The summed E-state index contributed by atoms with van der Waals surface area (Å²) >= 11 is 0. The maximum Gasteiger partial charge on any atom is 0.285 e. The maximum absolute atomic E-state index is 12.4. The van der Waals surface area contributed by atoms with Crippen LogP contribution in [0.2, 0.25) is 0 Å². The predicted molar refractivity (Wildman–Crippen MR) is 98.4 cm³/mol. The summed E-state index contributed by atoms with van der Waals surface area (Å²) < 4.78 is 1.32. The summed E-state index contributed by atoms with van der Waals surface area (Å²) in [6, 6.07) is 19.2. The van der Waals surface area contributed by atoms with Gasteiger partial charge in [-0.2, -0.15) is 15.6 Å². The first-order chi connectivity index (χ1) is 12.5. The van der Waals surface area contributed by atoms with Crippen LogP contribution in [0.25, 0.3) is 11.1 Å². The molecule has 5 heteroatoms. The fourth-order valence-electron chi connectivity index (χ4n) is 2.81. The minimum Gasteiger partial charge on any atom is -0.266 e. The highest BCUT2D eigenvalue weighted by Crippen LogP contribution is 2.23. The highest BCUT2D eigenvalue weighted by atomic mass is 16.1. The van der Waals surface area contributed by atoms with Gasteiger partial charge in [0.2, 0.25) is 0 Å². The Morgan fingerprint density at radius 1 is 1.00 bits per heavy atom. The summed E-state index contributed by atoms with van der Waals surface area (Å²) in [5.41, 5.74) is 4.36. The summed E-state index contributed by atoms with van der Waals surface area (Å²) in [5.74, 6) is 0. The van der Waals surface area contributed by atoms with Gasteiger partial charge in [-0.3, -0.25) is 4.79 Å². The third-order valence-electron chi connectivity index (χ3n) is 4.39. The minimum absolute atomic E-state index is 0.136. The molecule has 2 aromatic carbocycles. The molecule has 0 saturated heterocycles. The molecule has 3 rings (SSSR count). The zero-order chi connectivity index (χ0) is 18.7. The summed E-state index contributed by atoms with van der Waals surface area (Å²) in [6.07, 6.45) is 0. The van der Waals surface area contributed by atoms with Gasteiger partial charge in [0.15, 0.2) is 0 Å². The molecule has 0 bridgehead atoms. The number of hydrogen-bond donors (Lipinski definition) is 0. The first-order valence-corrected chi connectivity index (χ1v) is 8.12. The molecule has 0 N–H and O–H groups in total. The Morgan fingerprint density at radius 2 is 1.69 bits per heavy atom. The van der Waals surface area contributed by atoms with Crippen molar-refractivity contribution >= 4 is 0 Å². The van der Waals surface area contributed by atoms with Crippen molar-refractivity contribution in [2.45, 2.75) is 20.4 Å². The molecule has 0 amide bonds. The van der Waals surface area contributed by atoms with E-state index >= 15 is 0 Å². The lowest BCUT2D eigenvalue weighted by molar-refractivity contribution is 0.622. The van der Waals surface area contributed by atoms with E-state index in [2.05, 4.69) is 11.2 Å². The lowest BCUT2D eigenvalue weighted by Gasteiger charge is -2.10. The monoisotopic (exact) mass is 340 g/mol. The lowest BCUT2D eigenvalue weighted by Crippen LogP contribution is -2.27. The van der Waals surface area contributed by atoms with Gasteiger partial charge in [-0.15, -0.1) is 0 Å². The van der Waals surface area contributed by atoms with Crippen LogP contribution in [0.5, 0.6) is 0 Å². The van der Waals surface area contributed by atoms with Gasteiger partial charge >= 0.3 is 0 Å².